The highest BCUT2D eigenvalue weighted by molar-refractivity contribution is 5.85. The Morgan fingerprint density at radius 3 is 2.41 bits per heavy atom. The maximum atomic E-state index is 11.1. The summed E-state index contributed by atoms with van der Waals surface area (Å²) in [6.07, 6.45) is 6.01. The van der Waals surface area contributed by atoms with Gasteiger partial charge in [0.15, 0.2) is 6.29 Å². The Morgan fingerprint density at radius 1 is 1.24 bits per heavy atom. The molecule has 2 aromatic rings. The van der Waals surface area contributed by atoms with Gasteiger partial charge in [-0.3, -0.25) is 14.5 Å². The van der Waals surface area contributed by atoms with Gasteiger partial charge in [-0.2, -0.15) is 5.10 Å². The van der Waals surface area contributed by atoms with Gasteiger partial charge in [-0.1, -0.05) is 0 Å². The van der Waals surface area contributed by atoms with E-state index in [0.29, 0.717) is 11.3 Å². The lowest BCUT2D eigenvalue weighted by Gasteiger charge is -2.18. The molecule has 0 fully saturated rings. The number of nitrogens with zero attached hydrogens (tertiary/aromatic N) is 3. The predicted octanol–water partition coefficient (Wildman–Crippen LogP) is 2.51. The molecule has 4 nitrogen and oxygen atoms in total. The van der Waals surface area contributed by atoms with E-state index in [0.717, 1.165) is 11.8 Å². The van der Waals surface area contributed by atoms with E-state index in [4.69, 9.17) is 0 Å². The average Bonchev–Trinajstić information content (AvgIpc) is 2.73. The molecule has 4 heteroatoms. The van der Waals surface area contributed by atoms with E-state index in [1.165, 1.54) is 0 Å². The molecule has 88 valence electrons. The highest BCUT2D eigenvalue weighted by atomic mass is 16.1. The standard InChI is InChI=1S/C13H15N3O/c1-13(2,3)16-8-11(9-17)12(15-16)10-4-6-14-7-5-10/h4-9H,1-3H3. The van der Waals surface area contributed by atoms with E-state index in [-0.39, 0.29) is 5.54 Å². The number of rotatable bonds is 2. The lowest BCUT2D eigenvalue weighted by Crippen LogP contribution is -2.22. The minimum absolute atomic E-state index is 0.136. The lowest BCUT2D eigenvalue weighted by atomic mass is 10.1. The fraction of sp³-hybridized carbons (Fsp3) is 0.308. The van der Waals surface area contributed by atoms with Crippen LogP contribution in [0, 0.1) is 0 Å². The smallest absolute Gasteiger partial charge is 0.153 e. The van der Waals surface area contributed by atoms with Crippen LogP contribution in [0.5, 0.6) is 0 Å². The average molecular weight is 229 g/mol. The Kier molecular flexibility index (Phi) is 2.79. The van der Waals surface area contributed by atoms with Crippen molar-refractivity contribution in [3.63, 3.8) is 0 Å². The molecule has 0 bridgehead atoms. The zero-order valence-corrected chi connectivity index (χ0v) is 10.2. The zero-order valence-electron chi connectivity index (χ0n) is 10.2. The van der Waals surface area contributed by atoms with E-state index in [1.54, 1.807) is 18.6 Å². The van der Waals surface area contributed by atoms with E-state index >= 15 is 0 Å². The Bertz CT molecular complexity index is 523. The molecule has 2 rings (SSSR count). The van der Waals surface area contributed by atoms with Crippen molar-refractivity contribution >= 4 is 6.29 Å². The van der Waals surface area contributed by atoms with Gasteiger partial charge in [0, 0.05) is 24.2 Å². The van der Waals surface area contributed by atoms with Gasteiger partial charge in [-0.15, -0.1) is 0 Å². The highest BCUT2D eigenvalue weighted by Crippen LogP contribution is 2.23. The number of hydrogen-bond donors (Lipinski definition) is 0. The molecular weight excluding hydrogens is 214 g/mol. The van der Waals surface area contributed by atoms with Gasteiger partial charge in [0.2, 0.25) is 0 Å². The van der Waals surface area contributed by atoms with E-state index in [1.807, 2.05) is 37.6 Å². The van der Waals surface area contributed by atoms with Gasteiger partial charge in [0.1, 0.15) is 5.69 Å². The minimum atomic E-state index is -0.136. The second kappa shape index (κ2) is 4.13. The normalized spacial score (nSPS) is 11.5. The summed E-state index contributed by atoms with van der Waals surface area (Å²) < 4.78 is 1.81. The van der Waals surface area contributed by atoms with Crippen LogP contribution in [0.4, 0.5) is 0 Å². The molecule has 0 atom stereocenters. The number of pyridine rings is 1. The molecule has 0 spiro atoms. The molecule has 0 N–H and O–H groups in total. The molecule has 0 amide bonds. The number of carbonyl (C=O) groups is 1. The third kappa shape index (κ3) is 2.25. The second-order valence-corrected chi connectivity index (χ2v) is 4.90. The van der Waals surface area contributed by atoms with E-state index in [9.17, 15) is 4.79 Å². The van der Waals surface area contributed by atoms with E-state index in [2.05, 4.69) is 10.1 Å². The number of aromatic nitrogens is 3. The molecule has 0 saturated heterocycles. The van der Waals surface area contributed by atoms with Gasteiger partial charge < -0.3 is 0 Å². The van der Waals surface area contributed by atoms with Gasteiger partial charge in [0.25, 0.3) is 0 Å². The molecular formula is C13H15N3O. The van der Waals surface area contributed by atoms with Crippen molar-refractivity contribution < 1.29 is 4.79 Å². The highest BCUT2D eigenvalue weighted by Gasteiger charge is 2.18. The summed E-state index contributed by atoms with van der Waals surface area (Å²) in [5.74, 6) is 0. The third-order valence-electron chi connectivity index (χ3n) is 2.51. The zero-order chi connectivity index (χ0) is 12.5. The van der Waals surface area contributed by atoms with Crippen molar-refractivity contribution in [2.24, 2.45) is 0 Å². The van der Waals surface area contributed by atoms with Gasteiger partial charge in [0.05, 0.1) is 11.1 Å². The summed E-state index contributed by atoms with van der Waals surface area (Å²) >= 11 is 0. The quantitative estimate of drug-likeness (QED) is 0.743. The SMILES string of the molecule is CC(C)(C)n1cc(C=O)c(-c2ccncc2)n1. The van der Waals surface area contributed by atoms with Gasteiger partial charge >= 0.3 is 0 Å². The van der Waals surface area contributed by atoms with E-state index < -0.39 is 0 Å². The molecule has 0 aliphatic heterocycles. The maximum Gasteiger partial charge on any atom is 0.153 e. The van der Waals surface area contributed by atoms with Crippen molar-refractivity contribution in [3.05, 3.63) is 36.3 Å². The first-order chi connectivity index (χ1) is 8.02. The first-order valence-electron chi connectivity index (χ1n) is 5.48. The van der Waals surface area contributed by atoms with Crippen LogP contribution in [0.3, 0.4) is 0 Å². The minimum Gasteiger partial charge on any atom is -0.298 e. The first-order valence-corrected chi connectivity index (χ1v) is 5.48. The summed E-state index contributed by atoms with van der Waals surface area (Å²) in [5.41, 5.74) is 2.08. The molecule has 0 unspecified atom stereocenters. The summed E-state index contributed by atoms with van der Waals surface area (Å²) in [7, 11) is 0. The van der Waals surface area contributed by atoms with Crippen LogP contribution in [0.25, 0.3) is 11.3 Å². The number of carbonyl (C=O) groups excluding carboxylic acids is 1. The molecule has 0 aliphatic rings. The largest absolute Gasteiger partial charge is 0.298 e. The Labute approximate surface area is 100 Å². The monoisotopic (exact) mass is 229 g/mol. The van der Waals surface area contributed by atoms with Crippen LogP contribution in [-0.4, -0.2) is 21.1 Å². The number of aldehydes is 1. The summed E-state index contributed by atoms with van der Waals surface area (Å²) in [6.45, 7) is 6.14. The molecule has 0 aromatic carbocycles. The molecule has 17 heavy (non-hydrogen) atoms. The Balaban J connectivity index is 2.55. The Morgan fingerprint density at radius 2 is 1.88 bits per heavy atom. The van der Waals surface area contributed by atoms with Crippen molar-refractivity contribution in [2.75, 3.05) is 0 Å². The summed E-state index contributed by atoms with van der Waals surface area (Å²) in [6, 6.07) is 3.70. The van der Waals surface area contributed by atoms with Gasteiger partial charge in [-0.05, 0) is 32.9 Å². The molecule has 0 radical (unpaired) electrons. The van der Waals surface area contributed by atoms with Gasteiger partial charge in [-0.25, -0.2) is 0 Å². The lowest BCUT2D eigenvalue weighted by molar-refractivity contribution is 0.112. The predicted molar refractivity (Wildman–Crippen MR) is 65.8 cm³/mol. The van der Waals surface area contributed by atoms with Crippen molar-refractivity contribution in [1.29, 1.82) is 0 Å². The van der Waals surface area contributed by atoms with Crippen LogP contribution in [0.15, 0.2) is 30.7 Å². The van der Waals surface area contributed by atoms with Crippen LogP contribution >= 0.6 is 0 Å². The van der Waals surface area contributed by atoms with Crippen molar-refractivity contribution in [3.8, 4) is 11.3 Å². The van der Waals surface area contributed by atoms with Crippen LogP contribution in [-0.2, 0) is 5.54 Å². The number of hydrogen-bond acceptors (Lipinski definition) is 3. The van der Waals surface area contributed by atoms with Crippen molar-refractivity contribution in [1.82, 2.24) is 14.8 Å². The molecule has 2 heterocycles. The molecule has 0 saturated carbocycles. The summed E-state index contributed by atoms with van der Waals surface area (Å²) in [4.78, 5) is 15.0. The fourth-order valence-corrected chi connectivity index (χ4v) is 1.55. The molecule has 2 aromatic heterocycles. The fourth-order valence-electron chi connectivity index (χ4n) is 1.55. The first kappa shape index (κ1) is 11.5. The van der Waals surface area contributed by atoms with Crippen LogP contribution < -0.4 is 0 Å². The Hall–Kier alpha value is -1.97. The molecule has 0 aliphatic carbocycles. The van der Waals surface area contributed by atoms with Crippen LogP contribution in [0.2, 0.25) is 0 Å². The third-order valence-corrected chi connectivity index (χ3v) is 2.51. The second-order valence-electron chi connectivity index (χ2n) is 4.90. The summed E-state index contributed by atoms with van der Waals surface area (Å²) in [5, 5.41) is 4.48. The van der Waals surface area contributed by atoms with Crippen LogP contribution in [0.1, 0.15) is 31.1 Å². The van der Waals surface area contributed by atoms with Crippen molar-refractivity contribution in [2.45, 2.75) is 26.3 Å². The topological polar surface area (TPSA) is 47.8 Å². The maximum absolute atomic E-state index is 11.1.